The largest absolute Gasteiger partial charge is 0.313 e. The topological polar surface area (TPSA) is 49.4 Å². The molecule has 1 aromatic rings. The molecule has 0 aromatic heterocycles. The minimum atomic E-state index is -3.38. The summed E-state index contributed by atoms with van der Waals surface area (Å²) in [6, 6.07) is 7.44. The molecule has 0 saturated carbocycles. The summed E-state index contributed by atoms with van der Waals surface area (Å²) < 4.78 is 27.1. The third-order valence-electron chi connectivity index (χ3n) is 3.70. The number of thioether (sulfide) groups is 1. The third-order valence-corrected chi connectivity index (χ3v) is 6.90. The number of nitrogens with one attached hydrogen (secondary N) is 1. The van der Waals surface area contributed by atoms with Crippen LogP contribution in [-0.4, -0.2) is 43.9 Å². The molecule has 0 aliphatic carbocycles. The van der Waals surface area contributed by atoms with Crippen LogP contribution in [0.25, 0.3) is 0 Å². The SMILES string of the molecule is CNC(C)c1cccc(S(=O)(=O)N2CCSCC2C)c1. The first kappa shape index (κ1) is 15.8. The molecule has 0 bridgehead atoms. The van der Waals surface area contributed by atoms with Crippen molar-refractivity contribution in [3.63, 3.8) is 0 Å². The molecule has 1 heterocycles. The first-order valence-corrected chi connectivity index (χ1v) is 9.43. The smallest absolute Gasteiger partial charge is 0.243 e. The molecular formula is C14H22N2O2S2. The highest BCUT2D eigenvalue weighted by Gasteiger charge is 2.31. The Labute approximate surface area is 126 Å². The van der Waals surface area contributed by atoms with Gasteiger partial charge in [0.25, 0.3) is 0 Å². The molecule has 1 N–H and O–H groups in total. The van der Waals surface area contributed by atoms with Gasteiger partial charge in [0, 0.05) is 30.1 Å². The molecule has 6 heteroatoms. The van der Waals surface area contributed by atoms with Crippen molar-refractivity contribution in [1.82, 2.24) is 9.62 Å². The van der Waals surface area contributed by atoms with Gasteiger partial charge in [-0.3, -0.25) is 0 Å². The number of nitrogens with zero attached hydrogens (tertiary/aromatic N) is 1. The molecule has 0 amide bonds. The normalized spacial score (nSPS) is 22.6. The van der Waals surface area contributed by atoms with Crippen molar-refractivity contribution in [2.24, 2.45) is 0 Å². The fraction of sp³-hybridized carbons (Fsp3) is 0.571. The number of sulfonamides is 1. The molecular weight excluding hydrogens is 292 g/mol. The highest BCUT2D eigenvalue weighted by atomic mass is 32.2. The van der Waals surface area contributed by atoms with Gasteiger partial charge in [-0.25, -0.2) is 8.42 Å². The van der Waals surface area contributed by atoms with Gasteiger partial charge in [0.2, 0.25) is 10.0 Å². The molecule has 1 saturated heterocycles. The lowest BCUT2D eigenvalue weighted by atomic mass is 10.1. The Morgan fingerprint density at radius 2 is 2.20 bits per heavy atom. The Morgan fingerprint density at radius 1 is 1.45 bits per heavy atom. The molecule has 1 fully saturated rings. The maximum Gasteiger partial charge on any atom is 0.243 e. The van der Waals surface area contributed by atoms with Gasteiger partial charge < -0.3 is 5.32 Å². The number of hydrogen-bond donors (Lipinski definition) is 1. The van der Waals surface area contributed by atoms with Gasteiger partial charge in [-0.2, -0.15) is 16.1 Å². The highest BCUT2D eigenvalue weighted by molar-refractivity contribution is 7.99. The van der Waals surface area contributed by atoms with Crippen molar-refractivity contribution in [3.05, 3.63) is 29.8 Å². The minimum Gasteiger partial charge on any atom is -0.313 e. The van der Waals surface area contributed by atoms with Crippen molar-refractivity contribution < 1.29 is 8.42 Å². The van der Waals surface area contributed by atoms with E-state index in [0.29, 0.717) is 11.4 Å². The van der Waals surface area contributed by atoms with Crippen LogP contribution in [0.15, 0.2) is 29.2 Å². The Morgan fingerprint density at radius 3 is 2.85 bits per heavy atom. The van der Waals surface area contributed by atoms with Gasteiger partial charge in [0.1, 0.15) is 0 Å². The first-order chi connectivity index (χ1) is 9.46. The summed E-state index contributed by atoms with van der Waals surface area (Å²) in [6.45, 7) is 4.59. The van der Waals surface area contributed by atoms with Crippen LogP contribution in [-0.2, 0) is 10.0 Å². The van der Waals surface area contributed by atoms with E-state index >= 15 is 0 Å². The molecule has 2 rings (SSSR count). The second-order valence-electron chi connectivity index (χ2n) is 5.12. The monoisotopic (exact) mass is 314 g/mol. The van der Waals surface area contributed by atoms with Gasteiger partial charge in [-0.1, -0.05) is 12.1 Å². The van der Waals surface area contributed by atoms with E-state index in [1.807, 2.05) is 44.8 Å². The van der Waals surface area contributed by atoms with Crippen molar-refractivity contribution in [2.45, 2.75) is 30.8 Å². The van der Waals surface area contributed by atoms with E-state index in [9.17, 15) is 8.42 Å². The Balaban J connectivity index is 2.34. The Bertz CT molecular complexity index is 560. The lowest BCUT2D eigenvalue weighted by molar-refractivity contribution is 0.367. The summed E-state index contributed by atoms with van der Waals surface area (Å²) in [5.41, 5.74) is 0.993. The summed E-state index contributed by atoms with van der Waals surface area (Å²) in [7, 11) is -1.51. The summed E-state index contributed by atoms with van der Waals surface area (Å²) in [5, 5.41) is 3.14. The van der Waals surface area contributed by atoms with Crippen LogP contribution >= 0.6 is 11.8 Å². The lowest BCUT2D eigenvalue weighted by Crippen LogP contribution is -2.44. The van der Waals surface area contributed by atoms with Crippen LogP contribution in [0.4, 0.5) is 0 Å². The van der Waals surface area contributed by atoms with Crippen LogP contribution in [0.3, 0.4) is 0 Å². The number of benzene rings is 1. The standard InChI is InChI=1S/C14H22N2O2S2/c1-11-10-19-8-7-16(11)20(17,18)14-6-4-5-13(9-14)12(2)15-3/h4-6,9,11-12,15H,7-8,10H2,1-3H3. The molecule has 2 atom stereocenters. The van der Waals surface area contributed by atoms with E-state index in [4.69, 9.17) is 0 Å². The average molecular weight is 314 g/mol. The first-order valence-electron chi connectivity index (χ1n) is 6.83. The third kappa shape index (κ3) is 3.19. The zero-order valence-corrected chi connectivity index (χ0v) is 13.8. The fourth-order valence-corrected chi connectivity index (χ4v) is 5.23. The second-order valence-corrected chi connectivity index (χ2v) is 8.16. The average Bonchev–Trinajstić information content (AvgIpc) is 2.47. The predicted molar refractivity (Wildman–Crippen MR) is 84.6 cm³/mol. The van der Waals surface area contributed by atoms with Gasteiger partial charge in [0.15, 0.2) is 0 Å². The zero-order valence-electron chi connectivity index (χ0n) is 12.2. The Kier molecular flexibility index (Phi) is 5.12. The molecule has 2 unspecified atom stereocenters. The van der Waals surface area contributed by atoms with Gasteiger partial charge in [0.05, 0.1) is 4.90 Å². The van der Waals surface area contributed by atoms with Crippen molar-refractivity contribution in [1.29, 1.82) is 0 Å². The van der Waals surface area contributed by atoms with E-state index in [0.717, 1.165) is 17.1 Å². The fourth-order valence-electron chi connectivity index (χ4n) is 2.32. The summed E-state index contributed by atoms with van der Waals surface area (Å²) >= 11 is 1.81. The maximum atomic E-state index is 12.8. The highest BCUT2D eigenvalue weighted by Crippen LogP contribution is 2.26. The molecule has 4 nitrogen and oxygen atoms in total. The number of rotatable bonds is 4. The van der Waals surface area contributed by atoms with Crippen LogP contribution in [0.1, 0.15) is 25.5 Å². The maximum absolute atomic E-state index is 12.8. The second kappa shape index (κ2) is 6.47. The van der Waals surface area contributed by atoms with Crippen LogP contribution in [0.5, 0.6) is 0 Å². The van der Waals surface area contributed by atoms with Gasteiger partial charge in [-0.15, -0.1) is 0 Å². The lowest BCUT2D eigenvalue weighted by Gasteiger charge is -2.32. The van der Waals surface area contributed by atoms with E-state index in [1.165, 1.54) is 0 Å². The van der Waals surface area contributed by atoms with E-state index in [2.05, 4.69) is 5.32 Å². The summed E-state index contributed by atoms with van der Waals surface area (Å²) in [5.74, 6) is 1.74. The quantitative estimate of drug-likeness (QED) is 0.924. The van der Waals surface area contributed by atoms with E-state index in [-0.39, 0.29) is 12.1 Å². The van der Waals surface area contributed by atoms with Crippen molar-refractivity contribution in [2.75, 3.05) is 25.1 Å². The van der Waals surface area contributed by atoms with Crippen LogP contribution in [0.2, 0.25) is 0 Å². The minimum absolute atomic E-state index is 0.0594. The van der Waals surface area contributed by atoms with Crippen molar-refractivity contribution in [3.8, 4) is 0 Å². The van der Waals surface area contributed by atoms with Crippen LogP contribution in [0, 0.1) is 0 Å². The summed E-state index contributed by atoms with van der Waals surface area (Å²) in [6.07, 6.45) is 0. The van der Waals surface area contributed by atoms with Gasteiger partial charge in [-0.05, 0) is 38.6 Å². The molecule has 0 radical (unpaired) electrons. The molecule has 20 heavy (non-hydrogen) atoms. The molecule has 1 aliphatic rings. The molecule has 1 aromatic carbocycles. The van der Waals surface area contributed by atoms with E-state index < -0.39 is 10.0 Å². The van der Waals surface area contributed by atoms with Gasteiger partial charge >= 0.3 is 0 Å². The Hall–Kier alpha value is -0.560. The van der Waals surface area contributed by atoms with Crippen molar-refractivity contribution >= 4 is 21.8 Å². The summed E-state index contributed by atoms with van der Waals surface area (Å²) in [4.78, 5) is 0.399. The molecule has 0 spiro atoms. The number of hydrogen-bond acceptors (Lipinski definition) is 4. The molecule has 1 aliphatic heterocycles. The van der Waals surface area contributed by atoms with Crippen LogP contribution < -0.4 is 5.32 Å². The molecule has 112 valence electrons. The predicted octanol–water partition coefficient (Wildman–Crippen LogP) is 2.09. The zero-order chi connectivity index (χ0) is 14.8. The van der Waals surface area contributed by atoms with E-state index in [1.54, 1.807) is 16.4 Å².